The van der Waals surface area contributed by atoms with Crippen molar-refractivity contribution >= 4 is 18.0 Å². The molecule has 7 nitrogen and oxygen atoms in total. The van der Waals surface area contributed by atoms with Crippen LogP contribution in [0.5, 0.6) is 11.5 Å². The normalized spacial score (nSPS) is 11.7. The maximum Gasteiger partial charge on any atom is 0.349 e. The van der Waals surface area contributed by atoms with Crippen molar-refractivity contribution in [3.8, 4) is 17.6 Å². The highest BCUT2D eigenvalue weighted by Crippen LogP contribution is 2.15. The van der Waals surface area contributed by atoms with Crippen LogP contribution in [0.25, 0.3) is 6.08 Å². The standard InChI is InChI=1S/C22H22N2O5/c1-15(21(25)24-14-17-6-10-20(28-3)11-7-17)29-22(26)18(13-23)12-16-4-8-19(27-2)9-5-16/h4-12,15H,14H2,1-3H3,(H,24,25)/b18-12+/t15-/m1/s1. The maximum atomic E-state index is 12.2. The predicted molar refractivity (Wildman–Crippen MR) is 107 cm³/mol. The molecule has 0 aromatic heterocycles. The fourth-order valence-electron chi connectivity index (χ4n) is 2.36. The van der Waals surface area contributed by atoms with E-state index in [1.165, 1.54) is 13.0 Å². The lowest BCUT2D eigenvalue weighted by Crippen LogP contribution is -2.35. The smallest absolute Gasteiger partial charge is 0.349 e. The van der Waals surface area contributed by atoms with Crippen LogP contribution >= 0.6 is 0 Å². The summed E-state index contributed by atoms with van der Waals surface area (Å²) in [4.78, 5) is 24.4. The third-order valence-corrected chi connectivity index (χ3v) is 4.05. The summed E-state index contributed by atoms with van der Waals surface area (Å²) in [7, 11) is 3.12. The summed E-state index contributed by atoms with van der Waals surface area (Å²) in [5, 5.41) is 11.9. The zero-order chi connectivity index (χ0) is 21.2. The molecule has 0 bridgehead atoms. The van der Waals surface area contributed by atoms with Gasteiger partial charge in [0.25, 0.3) is 5.91 Å². The average Bonchev–Trinajstić information content (AvgIpc) is 2.76. The number of rotatable bonds is 8. The van der Waals surface area contributed by atoms with E-state index in [2.05, 4.69) is 5.32 Å². The molecule has 1 atom stereocenters. The molecule has 0 unspecified atom stereocenters. The molecule has 29 heavy (non-hydrogen) atoms. The zero-order valence-electron chi connectivity index (χ0n) is 16.5. The van der Waals surface area contributed by atoms with Crippen molar-refractivity contribution in [3.05, 3.63) is 65.2 Å². The summed E-state index contributed by atoms with van der Waals surface area (Å²) in [6.45, 7) is 1.72. The number of nitrogens with zero attached hydrogens (tertiary/aromatic N) is 1. The van der Waals surface area contributed by atoms with Crippen molar-refractivity contribution in [2.45, 2.75) is 19.6 Å². The van der Waals surface area contributed by atoms with E-state index in [1.54, 1.807) is 56.7 Å². The first kappa shape index (κ1) is 21.5. The summed E-state index contributed by atoms with van der Waals surface area (Å²) in [6, 6.07) is 15.8. The van der Waals surface area contributed by atoms with E-state index in [1.807, 2.05) is 12.1 Å². The van der Waals surface area contributed by atoms with E-state index < -0.39 is 18.0 Å². The van der Waals surface area contributed by atoms with E-state index in [4.69, 9.17) is 14.2 Å². The molecule has 0 saturated carbocycles. The Balaban J connectivity index is 1.93. The molecular formula is C22H22N2O5. The van der Waals surface area contributed by atoms with Crippen LogP contribution in [0.1, 0.15) is 18.1 Å². The molecule has 0 radical (unpaired) electrons. The van der Waals surface area contributed by atoms with E-state index >= 15 is 0 Å². The van der Waals surface area contributed by atoms with Gasteiger partial charge < -0.3 is 19.5 Å². The number of amides is 1. The first-order valence-electron chi connectivity index (χ1n) is 8.84. The van der Waals surface area contributed by atoms with Gasteiger partial charge in [0.15, 0.2) is 6.10 Å². The molecule has 150 valence electrons. The van der Waals surface area contributed by atoms with Crippen molar-refractivity contribution in [1.29, 1.82) is 5.26 Å². The minimum atomic E-state index is -1.05. The van der Waals surface area contributed by atoms with Gasteiger partial charge in [0.05, 0.1) is 14.2 Å². The molecule has 0 aliphatic heterocycles. The second-order valence-electron chi connectivity index (χ2n) is 6.06. The number of nitriles is 1. The van der Waals surface area contributed by atoms with Gasteiger partial charge in [-0.25, -0.2) is 4.79 Å². The van der Waals surface area contributed by atoms with Gasteiger partial charge >= 0.3 is 5.97 Å². The quantitative estimate of drug-likeness (QED) is 0.420. The Morgan fingerprint density at radius 3 is 2.10 bits per heavy atom. The molecule has 0 saturated heterocycles. The van der Waals surface area contributed by atoms with Crippen molar-refractivity contribution in [2.75, 3.05) is 14.2 Å². The molecule has 0 aliphatic rings. The van der Waals surface area contributed by atoms with Crippen LogP contribution in [-0.4, -0.2) is 32.2 Å². The molecule has 0 fully saturated rings. The fourth-order valence-corrected chi connectivity index (χ4v) is 2.36. The summed E-state index contributed by atoms with van der Waals surface area (Å²) in [5.41, 5.74) is 1.30. The Morgan fingerprint density at radius 1 is 1.03 bits per heavy atom. The highest BCUT2D eigenvalue weighted by atomic mass is 16.5. The monoisotopic (exact) mass is 394 g/mol. The Kier molecular flexibility index (Phi) is 7.80. The molecule has 0 spiro atoms. The van der Waals surface area contributed by atoms with E-state index in [0.29, 0.717) is 11.3 Å². The molecule has 2 aromatic carbocycles. The van der Waals surface area contributed by atoms with Gasteiger partial charge in [-0.1, -0.05) is 24.3 Å². The summed E-state index contributed by atoms with van der Waals surface area (Å²) in [5.74, 6) is 0.0479. The number of ether oxygens (including phenoxy) is 3. The fraction of sp³-hybridized carbons (Fsp3) is 0.227. The van der Waals surface area contributed by atoms with Crippen LogP contribution in [0.15, 0.2) is 54.1 Å². The molecular weight excluding hydrogens is 372 g/mol. The zero-order valence-corrected chi connectivity index (χ0v) is 16.5. The number of nitrogens with one attached hydrogen (secondary N) is 1. The second kappa shape index (κ2) is 10.5. The molecule has 1 amide bonds. The number of benzene rings is 2. The third kappa shape index (κ3) is 6.40. The Hall–Kier alpha value is -3.79. The SMILES string of the molecule is COc1ccc(/C=C(\C#N)C(=O)O[C@H](C)C(=O)NCc2ccc(OC)cc2)cc1. The van der Waals surface area contributed by atoms with Gasteiger partial charge in [0, 0.05) is 6.54 Å². The van der Waals surface area contributed by atoms with Crippen molar-refractivity contribution in [3.63, 3.8) is 0 Å². The predicted octanol–water partition coefficient (Wildman–Crippen LogP) is 2.86. The van der Waals surface area contributed by atoms with Crippen molar-refractivity contribution in [1.82, 2.24) is 5.32 Å². The first-order chi connectivity index (χ1) is 14.0. The van der Waals surface area contributed by atoms with Crippen LogP contribution in [0, 0.1) is 11.3 Å². The summed E-state index contributed by atoms with van der Waals surface area (Å²) in [6.07, 6.45) is 0.345. The van der Waals surface area contributed by atoms with Gasteiger partial charge in [-0.2, -0.15) is 5.26 Å². The highest BCUT2D eigenvalue weighted by molar-refractivity contribution is 5.99. The highest BCUT2D eigenvalue weighted by Gasteiger charge is 2.20. The number of hydrogen-bond acceptors (Lipinski definition) is 6. The van der Waals surface area contributed by atoms with Gasteiger partial charge in [0.1, 0.15) is 23.1 Å². The number of carbonyl (C=O) groups is 2. The lowest BCUT2D eigenvalue weighted by atomic mass is 10.1. The molecule has 2 rings (SSSR count). The van der Waals surface area contributed by atoms with Crippen LogP contribution in [0.3, 0.4) is 0 Å². The number of hydrogen-bond donors (Lipinski definition) is 1. The van der Waals surface area contributed by atoms with Crippen molar-refractivity contribution in [2.24, 2.45) is 0 Å². The van der Waals surface area contributed by atoms with Gasteiger partial charge in [-0.15, -0.1) is 0 Å². The number of methoxy groups -OCH3 is 2. The van der Waals surface area contributed by atoms with E-state index in [0.717, 1.165) is 11.3 Å². The Morgan fingerprint density at radius 2 is 1.59 bits per heavy atom. The van der Waals surface area contributed by atoms with Gasteiger partial charge in [0.2, 0.25) is 0 Å². The Labute approximate surface area is 169 Å². The molecule has 0 aliphatic carbocycles. The minimum absolute atomic E-state index is 0.204. The molecule has 2 aromatic rings. The molecule has 0 heterocycles. The van der Waals surface area contributed by atoms with Crippen LogP contribution in [0.4, 0.5) is 0 Å². The lowest BCUT2D eigenvalue weighted by molar-refractivity contribution is -0.150. The summed E-state index contributed by atoms with van der Waals surface area (Å²) >= 11 is 0. The Bertz CT molecular complexity index is 912. The third-order valence-electron chi connectivity index (χ3n) is 4.05. The van der Waals surface area contributed by atoms with E-state index in [-0.39, 0.29) is 12.1 Å². The van der Waals surface area contributed by atoms with Crippen LogP contribution in [-0.2, 0) is 20.9 Å². The maximum absolute atomic E-state index is 12.2. The number of esters is 1. The minimum Gasteiger partial charge on any atom is -0.497 e. The summed E-state index contributed by atoms with van der Waals surface area (Å²) < 4.78 is 15.3. The van der Waals surface area contributed by atoms with Crippen LogP contribution < -0.4 is 14.8 Å². The topological polar surface area (TPSA) is 97.6 Å². The molecule has 1 N–H and O–H groups in total. The van der Waals surface area contributed by atoms with Crippen molar-refractivity contribution < 1.29 is 23.8 Å². The first-order valence-corrected chi connectivity index (χ1v) is 8.84. The molecule has 7 heteroatoms. The van der Waals surface area contributed by atoms with Gasteiger partial charge in [-0.3, -0.25) is 4.79 Å². The largest absolute Gasteiger partial charge is 0.497 e. The average molecular weight is 394 g/mol. The van der Waals surface area contributed by atoms with E-state index in [9.17, 15) is 14.9 Å². The lowest BCUT2D eigenvalue weighted by Gasteiger charge is -2.13. The second-order valence-corrected chi connectivity index (χ2v) is 6.06. The van der Waals surface area contributed by atoms with Gasteiger partial charge in [-0.05, 0) is 48.4 Å². The van der Waals surface area contributed by atoms with Crippen LogP contribution in [0.2, 0.25) is 0 Å². The number of carbonyl (C=O) groups excluding carboxylic acids is 2.